The third kappa shape index (κ3) is 3.62. The monoisotopic (exact) mass is 349 g/mol. The summed E-state index contributed by atoms with van der Waals surface area (Å²) in [5.74, 6) is 1.26. The van der Waals surface area contributed by atoms with Crippen LogP contribution in [0.15, 0.2) is 47.2 Å². The van der Waals surface area contributed by atoms with Crippen molar-refractivity contribution in [1.82, 2.24) is 15.0 Å². The van der Waals surface area contributed by atoms with Gasteiger partial charge >= 0.3 is 0 Å². The van der Waals surface area contributed by atoms with Crippen LogP contribution in [0, 0.1) is 12.8 Å². The van der Waals surface area contributed by atoms with E-state index in [1.807, 2.05) is 24.2 Å². The molecule has 0 unspecified atom stereocenters. The van der Waals surface area contributed by atoms with E-state index in [1.165, 1.54) is 16.3 Å². The molecule has 1 aliphatic rings. The van der Waals surface area contributed by atoms with Crippen molar-refractivity contribution in [3.8, 4) is 0 Å². The zero-order valence-electron chi connectivity index (χ0n) is 15.0. The van der Waals surface area contributed by atoms with Crippen LogP contribution in [0.25, 0.3) is 10.8 Å². The number of likely N-dealkylation sites (tertiary alicyclic amines) is 1. The van der Waals surface area contributed by atoms with Crippen molar-refractivity contribution in [1.29, 1.82) is 0 Å². The maximum atomic E-state index is 12.6. The van der Waals surface area contributed by atoms with Gasteiger partial charge in [-0.15, -0.1) is 0 Å². The normalized spacial score (nSPS) is 18.0. The Morgan fingerprint density at radius 2 is 2.12 bits per heavy atom. The molecular formula is C21H23N3O2. The van der Waals surface area contributed by atoms with Crippen LogP contribution >= 0.6 is 0 Å². The summed E-state index contributed by atoms with van der Waals surface area (Å²) in [6.45, 7) is 3.39. The SMILES string of the molecule is Cc1cc(C(=O)N2CCC[C@@H](Cc3ccc4cnccc4c3)CC2)no1. The number of amides is 1. The number of benzene rings is 1. The number of hydrogen-bond acceptors (Lipinski definition) is 4. The topological polar surface area (TPSA) is 59.2 Å². The third-order valence-corrected chi connectivity index (χ3v) is 5.21. The van der Waals surface area contributed by atoms with Crippen molar-refractivity contribution in [2.75, 3.05) is 13.1 Å². The summed E-state index contributed by atoms with van der Waals surface area (Å²) >= 11 is 0. The first-order valence-electron chi connectivity index (χ1n) is 9.24. The Balaban J connectivity index is 1.40. The zero-order valence-corrected chi connectivity index (χ0v) is 15.0. The van der Waals surface area contributed by atoms with Gasteiger partial charge in [-0.2, -0.15) is 0 Å². The Morgan fingerprint density at radius 1 is 1.19 bits per heavy atom. The summed E-state index contributed by atoms with van der Waals surface area (Å²) in [5, 5.41) is 6.28. The minimum absolute atomic E-state index is 0.0132. The molecule has 0 radical (unpaired) electrons. The predicted molar refractivity (Wildman–Crippen MR) is 99.9 cm³/mol. The van der Waals surface area contributed by atoms with E-state index in [4.69, 9.17) is 4.52 Å². The van der Waals surface area contributed by atoms with Crippen LogP contribution in [0.3, 0.4) is 0 Å². The molecule has 3 heterocycles. The van der Waals surface area contributed by atoms with Gasteiger partial charge in [0.2, 0.25) is 0 Å². The molecule has 5 heteroatoms. The Labute approximate surface area is 153 Å². The average molecular weight is 349 g/mol. The molecule has 3 aromatic rings. The number of carbonyl (C=O) groups is 1. The maximum absolute atomic E-state index is 12.6. The highest BCUT2D eigenvalue weighted by Crippen LogP contribution is 2.24. The standard InChI is InChI=1S/C21H23N3O2/c1-15-11-20(23-26-15)21(25)24-9-2-3-16(7-10-24)12-17-4-5-19-14-22-8-6-18(19)13-17/h4-6,8,11,13-14,16H,2-3,7,9-10,12H2,1H3/t16-/m1/s1. The quantitative estimate of drug-likeness (QED) is 0.717. The van der Waals surface area contributed by atoms with E-state index in [2.05, 4.69) is 34.4 Å². The van der Waals surface area contributed by atoms with Gasteiger partial charge in [-0.1, -0.05) is 23.4 Å². The van der Waals surface area contributed by atoms with Crippen LogP contribution in [-0.4, -0.2) is 34.0 Å². The van der Waals surface area contributed by atoms with Gasteiger partial charge in [0.15, 0.2) is 5.69 Å². The highest BCUT2D eigenvalue weighted by Gasteiger charge is 2.23. The number of carbonyl (C=O) groups excluding carboxylic acids is 1. The second kappa shape index (κ2) is 7.28. The van der Waals surface area contributed by atoms with Crippen LogP contribution in [0.1, 0.15) is 41.1 Å². The van der Waals surface area contributed by atoms with E-state index in [0.717, 1.165) is 38.8 Å². The van der Waals surface area contributed by atoms with Crippen LogP contribution in [0.5, 0.6) is 0 Å². The van der Waals surface area contributed by atoms with E-state index in [-0.39, 0.29) is 5.91 Å². The summed E-state index contributed by atoms with van der Waals surface area (Å²) in [6.07, 6.45) is 8.01. The lowest BCUT2D eigenvalue weighted by molar-refractivity contribution is 0.0749. The van der Waals surface area contributed by atoms with Crippen molar-refractivity contribution >= 4 is 16.7 Å². The van der Waals surface area contributed by atoms with Crippen LogP contribution < -0.4 is 0 Å². The molecule has 4 rings (SSSR count). The molecule has 1 aliphatic heterocycles. The molecule has 0 spiro atoms. The number of pyridine rings is 1. The first-order chi connectivity index (χ1) is 12.7. The number of aromatic nitrogens is 2. The van der Waals surface area contributed by atoms with E-state index in [0.29, 0.717) is 17.4 Å². The number of aryl methyl sites for hydroxylation is 1. The molecule has 0 aliphatic carbocycles. The molecular weight excluding hydrogens is 326 g/mol. The molecule has 0 bridgehead atoms. The van der Waals surface area contributed by atoms with Crippen molar-refractivity contribution in [3.05, 3.63) is 59.7 Å². The van der Waals surface area contributed by atoms with Crippen molar-refractivity contribution in [2.24, 2.45) is 5.92 Å². The molecule has 1 amide bonds. The number of hydrogen-bond donors (Lipinski definition) is 0. The van der Waals surface area contributed by atoms with E-state index >= 15 is 0 Å². The summed E-state index contributed by atoms with van der Waals surface area (Å²) in [5.41, 5.74) is 1.78. The molecule has 0 N–H and O–H groups in total. The largest absolute Gasteiger partial charge is 0.361 e. The first-order valence-corrected chi connectivity index (χ1v) is 9.24. The van der Waals surface area contributed by atoms with Gasteiger partial charge in [0.25, 0.3) is 5.91 Å². The van der Waals surface area contributed by atoms with Gasteiger partial charge in [0.05, 0.1) is 0 Å². The van der Waals surface area contributed by atoms with E-state index < -0.39 is 0 Å². The lowest BCUT2D eigenvalue weighted by Crippen LogP contribution is -2.32. The number of fused-ring (bicyclic) bond motifs is 1. The fraction of sp³-hybridized carbons (Fsp3) is 0.381. The second-order valence-electron chi connectivity index (χ2n) is 7.17. The molecule has 1 atom stereocenters. The molecule has 26 heavy (non-hydrogen) atoms. The zero-order chi connectivity index (χ0) is 17.9. The summed E-state index contributed by atoms with van der Waals surface area (Å²) < 4.78 is 5.04. The second-order valence-corrected chi connectivity index (χ2v) is 7.17. The van der Waals surface area contributed by atoms with E-state index in [1.54, 1.807) is 6.07 Å². The molecule has 1 saturated heterocycles. The Morgan fingerprint density at radius 3 is 2.96 bits per heavy atom. The minimum atomic E-state index is -0.0132. The van der Waals surface area contributed by atoms with Crippen molar-refractivity contribution < 1.29 is 9.32 Å². The third-order valence-electron chi connectivity index (χ3n) is 5.21. The smallest absolute Gasteiger partial charge is 0.276 e. The fourth-order valence-corrected chi connectivity index (χ4v) is 3.79. The van der Waals surface area contributed by atoms with Gasteiger partial charge < -0.3 is 9.42 Å². The highest BCUT2D eigenvalue weighted by atomic mass is 16.5. The minimum Gasteiger partial charge on any atom is -0.361 e. The predicted octanol–water partition coefficient (Wildman–Crippen LogP) is 4.02. The van der Waals surface area contributed by atoms with Crippen molar-refractivity contribution in [3.63, 3.8) is 0 Å². The molecule has 0 saturated carbocycles. The lowest BCUT2D eigenvalue weighted by atomic mass is 9.92. The van der Waals surface area contributed by atoms with Crippen LogP contribution in [0.4, 0.5) is 0 Å². The number of nitrogens with zero attached hydrogens (tertiary/aromatic N) is 3. The summed E-state index contributed by atoms with van der Waals surface area (Å²) in [4.78, 5) is 18.7. The van der Waals surface area contributed by atoms with Crippen LogP contribution in [-0.2, 0) is 6.42 Å². The molecule has 134 valence electrons. The Kier molecular flexibility index (Phi) is 4.69. The van der Waals surface area contributed by atoms with Crippen LogP contribution in [0.2, 0.25) is 0 Å². The van der Waals surface area contributed by atoms with E-state index in [9.17, 15) is 4.79 Å². The van der Waals surface area contributed by atoms with Gasteiger partial charge in [-0.3, -0.25) is 9.78 Å². The van der Waals surface area contributed by atoms with Gasteiger partial charge in [0, 0.05) is 36.9 Å². The van der Waals surface area contributed by atoms with Gasteiger partial charge in [0.1, 0.15) is 5.76 Å². The van der Waals surface area contributed by atoms with Gasteiger partial charge in [-0.25, -0.2) is 0 Å². The Bertz CT molecular complexity index is 918. The first kappa shape index (κ1) is 16.8. The molecule has 1 fully saturated rings. The molecule has 2 aromatic heterocycles. The van der Waals surface area contributed by atoms with Crippen molar-refractivity contribution in [2.45, 2.75) is 32.6 Å². The molecule has 1 aromatic carbocycles. The summed E-state index contributed by atoms with van der Waals surface area (Å²) in [6, 6.07) is 10.4. The maximum Gasteiger partial charge on any atom is 0.276 e. The van der Waals surface area contributed by atoms with Gasteiger partial charge in [-0.05, 0) is 55.5 Å². The highest BCUT2D eigenvalue weighted by molar-refractivity contribution is 5.92. The average Bonchev–Trinajstić information content (AvgIpc) is 2.96. The molecule has 5 nitrogen and oxygen atoms in total. The number of rotatable bonds is 3. The summed E-state index contributed by atoms with van der Waals surface area (Å²) in [7, 11) is 0. The fourth-order valence-electron chi connectivity index (χ4n) is 3.79. The Hall–Kier alpha value is -2.69. The lowest BCUT2D eigenvalue weighted by Gasteiger charge is -2.19.